The van der Waals surface area contributed by atoms with E-state index in [0.29, 0.717) is 43.6 Å². The van der Waals surface area contributed by atoms with Crippen LogP contribution in [0, 0.1) is 0 Å². The molecule has 0 radical (unpaired) electrons. The number of nitrogens with one attached hydrogen (secondary N) is 2. The molecule has 41 heavy (non-hydrogen) atoms. The van der Waals surface area contributed by atoms with Crippen LogP contribution in [0.2, 0.25) is 0 Å². The summed E-state index contributed by atoms with van der Waals surface area (Å²) in [7, 11) is 0. The average Bonchev–Trinajstić information content (AvgIpc) is 3.21. The van der Waals surface area contributed by atoms with Gasteiger partial charge < -0.3 is 19.9 Å². The summed E-state index contributed by atoms with van der Waals surface area (Å²) in [6.07, 6.45) is 4.55. The number of piperidine rings is 1. The van der Waals surface area contributed by atoms with E-state index in [4.69, 9.17) is 10.3 Å². The number of carbonyl (C=O) groups is 5. The Bertz CT molecular complexity index is 1200. The van der Waals surface area contributed by atoms with E-state index in [1.165, 1.54) is 4.90 Å². The van der Waals surface area contributed by atoms with Crippen molar-refractivity contribution in [2.45, 2.75) is 90.3 Å². The van der Waals surface area contributed by atoms with E-state index in [1.807, 2.05) is 0 Å². The molecule has 0 bridgehead atoms. The summed E-state index contributed by atoms with van der Waals surface area (Å²) >= 11 is 0. The predicted octanol–water partition coefficient (Wildman–Crippen LogP) is 4.27. The van der Waals surface area contributed by atoms with Crippen LogP contribution in [0.25, 0.3) is 10.4 Å². The van der Waals surface area contributed by atoms with E-state index < -0.39 is 23.6 Å². The van der Waals surface area contributed by atoms with Crippen LogP contribution in [-0.4, -0.2) is 70.8 Å². The summed E-state index contributed by atoms with van der Waals surface area (Å²) in [5.41, 5.74) is 9.71. The van der Waals surface area contributed by atoms with Gasteiger partial charge in [0.05, 0.1) is 0 Å². The van der Waals surface area contributed by atoms with E-state index in [2.05, 4.69) is 20.7 Å². The molecule has 3 rings (SSSR count). The fourth-order valence-electron chi connectivity index (χ4n) is 4.83. The number of hydrogen-bond donors (Lipinski definition) is 2. The van der Waals surface area contributed by atoms with Gasteiger partial charge in [0.15, 0.2) is 0 Å². The molecule has 1 fully saturated rings. The zero-order valence-electron chi connectivity index (χ0n) is 24.0. The van der Waals surface area contributed by atoms with Crippen LogP contribution in [-0.2, 0) is 25.7 Å². The molecule has 1 atom stereocenters. The molecule has 1 saturated heterocycles. The Morgan fingerprint density at radius 1 is 1.15 bits per heavy atom. The van der Waals surface area contributed by atoms with Gasteiger partial charge in [0.2, 0.25) is 17.7 Å². The molecule has 2 N–H and O–H groups in total. The summed E-state index contributed by atoms with van der Waals surface area (Å²) in [4.78, 5) is 67.1. The number of rotatable bonds is 13. The highest BCUT2D eigenvalue weighted by molar-refractivity contribution is 6.05. The number of anilines is 1. The Kier molecular flexibility index (Phi) is 11.1. The van der Waals surface area contributed by atoms with Crippen molar-refractivity contribution < 1.29 is 28.7 Å². The van der Waals surface area contributed by atoms with Crippen LogP contribution in [0.1, 0.15) is 88.1 Å². The normalized spacial score (nSPS) is 16.5. The van der Waals surface area contributed by atoms with E-state index in [9.17, 15) is 24.0 Å². The van der Waals surface area contributed by atoms with Crippen molar-refractivity contribution in [3.05, 3.63) is 39.8 Å². The second-order valence-electron chi connectivity index (χ2n) is 11.3. The van der Waals surface area contributed by atoms with Crippen molar-refractivity contribution in [1.82, 2.24) is 15.1 Å². The summed E-state index contributed by atoms with van der Waals surface area (Å²) in [5.74, 6) is -1.16. The lowest BCUT2D eigenvalue weighted by atomic mass is 10.0. The first-order valence-electron chi connectivity index (χ1n) is 14.0. The molecule has 0 aliphatic carbocycles. The number of nitrogens with zero attached hydrogens (tertiary/aromatic N) is 5. The van der Waals surface area contributed by atoms with Crippen molar-refractivity contribution in [2.75, 3.05) is 25.0 Å². The SMILES string of the molecule is CC(C)(C)OC(=O)N(CCCCCCCC(=O)Nc1ccc2c(c1)CN(C1CCC(=O)NC1=O)C2=O)CCN=[N+]=[N-]. The van der Waals surface area contributed by atoms with Crippen molar-refractivity contribution in [3.8, 4) is 0 Å². The minimum absolute atomic E-state index is 0.120. The molecule has 0 saturated carbocycles. The molecular formula is C28H39N7O6. The van der Waals surface area contributed by atoms with Gasteiger partial charge in [-0.05, 0) is 69.3 Å². The monoisotopic (exact) mass is 569 g/mol. The highest BCUT2D eigenvalue weighted by Gasteiger charge is 2.39. The van der Waals surface area contributed by atoms with Gasteiger partial charge in [0.25, 0.3) is 5.91 Å². The first kappa shape index (κ1) is 31.4. The highest BCUT2D eigenvalue weighted by Crippen LogP contribution is 2.29. The molecular weight excluding hydrogens is 530 g/mol. The van der Waals surface area contributed by atoms with Crippen LogP contribution in [0.5, 0.6) is 0 Å². The summed E-state index contributed by atoms with van der Waals surface area (Å²) in [5, 5.41) is 8.68. The van der Waals surface area contributed by atoms with E-state index in [0.717, 1.165) is 31.2 Å². The zero-order valence-corrected chi connectivity index (χ0v) is 24.0. The predicted molar refractivity (Wildman–Crippen MR) is 151 cm³/mol. The maximum Gasteiger partial charge on any atom is 0.410 e. The number of benzene rings is 1. The van der Waals surface area contributed by atoms with Crippen molar-refractivity contribution in [1.29, 1.82) is 0 Å². The molecule has 2 heterocycles. The van der Waals surface area contributed by atoms with Crippen LogP contribution >= 0.6 is 0 Å². The fourth-order valence-corrected chi connectivity index (χ4v) is 4.83. The van der Waals surface area contributed by atoms with Crippen LogP contribution in [0.4, 0.5) is 10.5 Å². The Morgan fingerprint density at radius 3 is 2.59 bits per heavy atom. The smallest absolute Gasteiger partial charge is 0.410 e. The molecule has 13 nitrogen and oxygen atoms in total. The maximum absolute atomic E-state index is 12.8. The molecule has 222 valence electrons. The first-order valence-corrected chi connectivity index (χ1v) is 14.0. The van der Waals surface area contributed by atoms with Gasteiger partial charge in [-0.25, -0.2) is 4.79 Å². The van der Waals surface area contributed by atoms with Crippen LogP contribution in [0.15, 0.2) is 23.3 Å². The van der Waals surface area contributed by atoms with Gasteiger partial charge in [-0.3, -0.25) is 24.5 Å². The largest absolute Gasteiger partial charge is 0.444 e. The molecule has 5 amide bonds. The number of fused-ring (bicyclic) bond motifs is 1. The minimum atomic E-state index is -0.677. The van der Waals surface area contributed by atoms with Crippen molar-refractivity contribution in [2.24, 2.45) is 5.11 Å². The lowest BCUT2D eigenvalue weighted by molar-refractivity contribution is -0.137. The molecule has 13 heteroatoms. The third-order valence-corrected chi connectivity index (χ3v) is 6.82. The molecule has 2 aliphatic heterocycles. The fraction of sp³-hybridized carbons (Fsp3) is 0.607. The number of ether oxygens (including phenoxy) is 1. The van der Waals surface area contributed by atoms with Gasteiger partial charge >= 0.3 is 6.09 Å². The summed E-state index contributed by atoms with van der Waals surface area (Å²) in [6, 6.07) is 4.42. The van der Waals surface area contributed by atoms with E-state index in [-0.39, 0.29) is 37.2 Å². The number of unbranched alkanes of at least 4 members (excludes halogenated alkanes) is 4. The Morgan fingerprint density at radius 2 is 1.88 bits per heavy atom. The van der Waals surface area contributed by atoms with Gasteiger partial charge in [-0.2, -0.15) is 0 Å². The van der Waals surface area contributed by atoms with Gasteiger partial charge in [0.1, 0.15) is 11.6 Å². The van der Waals surface area contributed by atoms with Crippen molar-refractivity contribution in [3.63, 3.8) is 0 Å². The Balaban J connectivity index is 1.37. The average molecular weight is 570 g/mol. The molecule has 1 unspecified atom stereocenters. The number of carbonyl (C=O) groups excluding carboxylic acids is 5. The van der Waals surface area contributed by atoms with E-state index >= 15 is 0 Å². The van der Waals surface area contributed by atoms with Gasteiger partial charge in [-0.1, -0.05) is 24.4 Å². The molecule has 0 spiro atoms. The Labute approximate surface area is 239 Å². The van der Waals surface area contributed by atoms with Gasteiger partial charge in [-0.15, -0.1) is 0 Å². The number of imide groups is 1. The molecule has 1 aromatic rings. The standard InChI is InChI=1S/C28H39N7O6/c1-28(2,3)41-27(40)34(16-14-30-33-29)15-8-6-4-5-7-9-23(36)31-20-10-11-21-19(17-20)18-35(26(21)39)22-12-13-24(37)32-25(22)38/h10-11,17,22H,4-9,12-16,18H2,1-3H3,(H,31,36)(H,32,37,38). The minimum Gasteiger partial charge on any atom is -0.444 e. The molecule has 1 aromatic carbocycles. The second-order valence-corrected chi connectivity index (χ2v) is 11.3. The maximum atomic E-state index is 12.8. The number of azide groups is 1. The highest BCUT2D eigenvalue weighted by atomic mass is 16.6. The third kappa shape index (κ3) is 9.49. The Hall–Kier alpha value is -4.12. The van der Waals surface area contributed by atoms with Crippen LogP contribution < -0.4 is 10.6 Å². The third-order valence-electron chi connectivity index (χ3n) is 6.82. The second kappa shape index (κ2) is 14.5. The number of hydrogen-bond acceptors (Lipinski definition) is 7. The quantitative estimate of drug-likeness (QED) is 0.118. The number of amides is 5. The topological polar surface area (TPSA) is 174 Å². The molecule has 2 aliphatic rings. The van der Waals surface area contributed by atoms with Crippen molar-refractivity contribution >= 4 is 35.4 Å². The van der Waals surface area contributed by atoms with E-state index in [1.54, 1.807) is 43.9 Å². The zero-order chi connectivity index (χ0) is 30.0. The lowest BCUT2D eigenvalue weighted by Gasteiger charge is -2.29. The molecule has 0 aromatic heterocycles. The first-order chi connectivity index (χ1) is 19.5. The van der Waals surface area contributed by atoms with Gasteiger partial charge in [0, 0.05) is 55.2 Å². The summed E-state index contributed by atoms with van der Waals surface area (Å²) < 4.78 is 5.43. The lowest BCUT2D eigenvalue weighted by Crippen LogP contribution is -2.52. The summed E-state index contributed by atoms with van der Waals surface area (Å²) in [6.45, 7) is 6.63. The van der Waals surface area contributed by atoms with Crippen LogP contribution in [0.3, 0.4) is 0 Å².